The third kappa shape index (κ3) is 5.03. The van der Waals surface area contributed by atoms with Crippen molar-refractivity contribution in [3.8, 4) is 6.07 Å². The molecule has 1 aliphatic rings. The summed E-state index contributed by atoms with van der Waals surface area (Å²) in [6.45, 7) is 7.18. The summed E-state index contributed by atoms with van der Waals surface area (Å²) in [6.07, 6.45) is 3.54. The number of rotatable bonds is 2. The molecule has 0 N–H and O–H groups in total. The minimum absolute atomic E-state index is 0.108. The van der Waals surface area contributed by atoms with E-state index in [2.05, 4.69) is 11.1 Å². The van der Waals surface area contributed by atoms with Crippen LogP contribution in [0.5, 0.6) is 0 Å². The van der Waals surface area contributed by atoms with Gasteiger partial charge in [-0.1, -0.05) is 0 Å². The van der Waals surface area contributed by atoms with Gasteiger partial charge in [0.05, 0.1) is 0 Å². The second-order valence-corrected chi connectivity index (χ2v) is 9.40. The predicted octanol–water partition coefficient (Wildman–Crippen LogP) is 2.10. The molecule has 1 aromatic heterocycles. The van der Waals surface area contributed by atoms with Gasteiger partial charge in [-0.3, -0.25) is 0 Å². The summed E-state index contributed by atoms with van der Waals surface area (Å²) in [4.78, 5) is 18.3. The molecular weight excluding hydrogens is 341 g/mol. The zero-order valence-corrected chi connectivity index (χ0v) is 15.1. The van der Waals surface area contributed by atoms with Crippen molar-refractivity contribution in [1.29, 1.82) is 5.26 Å². The van der Waals surface area contributed by atoms with Crippen LogP contribution < -0.4 is 4.48 Å². The molecular formula is C16H21AsN3O2. The molecule has 1 atom stereocenters. The van der Waals surface area contributed by atoms with Crippen molar-refractivity contribution in [2.75, 3.05) is 13.1 Å². The normalized spacial score (nSPS) is 19.2. The molecule has 0 aliphatic carbocycles. The van der Waals surface area contributed by atoms with E-state index < -0.39 is 5.60 Å². The van der Waals surface area contributed by atoms with Gasteiger partial charge in [-0.15, -0.1) is 0 Å². The fourth-order valence-corrected chi connectivity index (χ4v) is 4.89. The van der Waals surface area contributed by atoms with Crippen molar-refractivity contribution in [3.05, 3.63) is 23.9 Å². The van der Waals surface area contributed by atoms with E-state index in [9.17, 15) is 4.79 Å². The Morgan fingerprint density at radius 1 is 1.50 bits per heavy atom. The maximum absolute atomic E-state index is 12.2. The number of carbonyl (C=O) groups is 1. The molecule has 1 radical (unpaired) electrons. The van der Waals surface area contributed by atoms with Gasteiger partial charge in [-0.05, 0) is 0 Å². The Labute approximate surface area is 138 Å². The third-order valence-corrected chi connectivity index (χ3v) is 6.00. The standard InChI is InChI=1S/C16H21AsN3O2/c1-16(2,3)22-15(21)20-8-4-5-13(11-20)17-14-7-6-12(9-18)10-19-14/h6-7,10,13H,4-5,8,11H2,1-3H3. The van der Waals surface area contributed by atoms with Crippen LogP contribution in [0.3, 0.4) is 0 Å². The molecule has 22 heavy (non-hydrogen) atoms. The zero-order valence-electron chi connectivity index (χ0n) is 13.2. The minimum atomic E-state index is -0.452. The number of likely N-dealkylation sites (tertiary alicyclic amines) is 1. The number of amides is 1. The number of aromatic nitrogens is 1. The van der Waals surface area contributed by atoms with Crippen LogP contribution in [0.1, 0.15) is 39.2 Å². The van der Waals surface area contributed by atoms with Gasteiger partial charge >= 0.3 is 138 Å². The molecule has 6 heteroatoms. The number of hydrogen-bond acceptors (Lipinski definition) is 4. The van der Waals surface area contributed by atoms with E-state index in [-0.39, 0.29) is 21.8 Å². The number of ether oxygens (including phenoxy) is 1. The van der Waals surface area contributed by atoms with Gasteiger partial charge in [0.15, 0.2) is 0 Å². The van der Waals surface area contributed by atoms with Crippen molar-refractivity contribution < 1.29 is 9.53 Å². The first-order valence-electron chi connectivity index (χ1n) is 7.42. The van der Waals surface area contributed by atoms with Gasteiger partial charge in [0.1, 0.15) is 0 Å². The summed E-state index contributed by atoms with van der Waals surface area (Å²) >= 11 is -0.108. The number of nitriles is 1. The Morgan fingerprint density at radius 3 is 2.86 bits per heavy atom. The van der Waals surface area contributed by atoms with Crippen LogP contribution in [0.2, 0.25) is 4.71 Å². The Kier molecular flexibility index (Phi) is 5.47. The van der Waals surface area contributed by atoms with E-state index in [4.69, 9.17) is 10.00 Å². The van der Waals surface area contributed by atoms with Crippen LogP contribution in [0.4, 0.5) is 4.79 Å². The molecule has 1 saturated heterocycles. The SMILES string of the molecule is CC(C)(C)OC(=O)N1CCCC([As]c2ccc(C#N)cn2)C1. The van der Waals surface area contributed by atoms with Gasteiger partial charge in [0, 0.05) is 0 Å². The maximum atomic E-state index is 12.2. The average molecular weight is 362 g/mol. The van der Waals surface area contributed by atoms with Gasteiger partial charge in [-0.25, -0.2) is 0 Å². The Bertz CT molecular complexity index is 560. The summed E-state index contributed by atoms with van der Waals surface area (Å²) < 4.78 is 7.00. The van der Waals surface area contributed by atoms with Crippen molar-refractivity contribution in [1.82, 2.24) is 9.88 Å². The predicted molar refractivity (Wildman–Crippen MR) is 85.1 cm³/mol. The first-order chi connectivity index (χ1) is 10.4. The summed E-state index contributed by atoms with van der Waals surface area (Å²) in [6, 6.07) is 5.83. The van der Waals surface area contributed by atoms with E-state index >= 15 is 0 Å². The summed E-state index contributed by atoms with van der Waals surface area (Å²) in [5.41, 5.74) is 0.135. The van der Waals surface area contributed by atoms with Crippen LogP contribution in [0.15, 0.2) is 18.3 Å². The number of pyridine rings is 1. The van der Waals surface area contributed by atoms with Crippen molar-refractivity contribution in [2.24, 2.45) is 0 Å². The molecule has 2 rings (SSSR count). The van der Waals surface area contributed by atoms with E-state index in [1.54, 1.807) is 6.20 Å². The van der Waals surface area contributed by atoms with Crippen molar-refractivity contribution in [3.63, 3.8) is 0 Å². The van der Waals surface area contributed by atoms with Crippen molar-refractivity contribution >= 4 is 26.3 Å². The van der Waals surface area contributed by atoms with Crippen LogP contribution in [-0.2, 0) is 4.74 Å². The van der Waals surface area contributed by atoms with Crippen LogP contribution >= 0.6 is 0 Å². The van der Waals surface area contributed by atoms with E-state index in [0.29, 0.717) is 10.3 Å². The number of carbonyl (C=O) groups excluding carboxylic acids is 1. The fraction of sp³-hybridized carbons (Fsp3) is 0.562. The molecule has 2 heterocycles. The number of hydrogen-bond donors (Lipinski definition) is 0. The van der Waals surface area contributed by atoms with Crippen LogP contribution in [0, 0.1) is 11.3 Å². The van der Waals surface area contributed by atoms with Gasteiger partial charge < -0.3 is 0 Å². The summed E-state index contributed by atoms with van der Waals surface area (Å²) in [7, 11) is 0. The van der Waals surface area contributed by atoms with Crippen molar-refractivity contribution in [2.45, 2.75) is 43.9 Å². The Balaban J connectivity index is 1.92. The second kappa shape index (κ2) is 7.15. The molecule has 1 aromatic rings. The molecule has 0 aromatic carbocycles. The fourth-order valence-electron chi connectivity index (χ4n) is 2.27. The van der Waals surface area contributed by atoms with E-state index in [1.165, 1.54) is 0 Å². The average Bonchev–Trinajstić information content (AvgIpc) is 2.46. The summed E-state index contributed by atoms with van der Waals surface area (Å²) in [5, 5.41) is 8.80. The number of piperidine rings is 1. The summed E-state index contributed by atoms with van der Waals surface area (Å²) in [5.74, 6) is 0. The molecule has 1 fully saturated rings. The molecule has 0 bridgehead atoms. The molecule has 1 aliphatic heterocycles. The Morgan fingerprint density at radius 2 is 2.27 bits per heavy atom. The van der Waals surface area contributed by atoms with Gasteiger partial charge in [0.25, 0.3) is 0 Å². The first-order valence-corrected chi connectivity index (χ1v) is 9.44. The van der Waals surface area contributed by atoms with E-state index in [0.717, 1.165) is 30.4 Å². The second-order valence-electron chi connectivity index (χ2n) is 6.37. The van der Waals surface area contributed by atoms with Crippen LogP contribution in [0.25, 0.3) is 0 Å². The zero-order chi connectivity index (χ0) is 16.2. The first kappa shape index (κ1) is 16.8. The van der Waals surface area contributed by atoms with E-state index in [1.807, 2.05) is 37.8 Å². The molecule has 5 nitrogen and oxygen atoms in total. The molecule has 117 valence electrons. The Hall–Kier alpha value is -1.53. The molecule has 1 unspecified atom stereocenters. The topological polar surface area (TPSA) is 66.2 Å². The monoisotopic (exact) mass is 362 g/mol. The molecule has 1 amide bonds. The number of nitrogens with zero attached hydrogens (tertiary/aromatic N) is 3. The van der Waals surface area contributed by atoms with Gasteiger partial charge in [-0.2, -0.15) is 0 Å². The quantitative estimate of drug-likeness (QED) is 0.756. The van der Waals surface area contributed by atoms with Crippen LogP contribution in [-0.4, -0.2) is 50.4 Å². The third-order valence-electron chi connectivity index (χ3n) is 3.24. The molecule has 0 spiro atoms. The van der Waals surface area contributed by atoms with Gasteiger partial charge in [0.2, 0.25) is 0 Å². The molecule has 0 saturated carbocycles.